The summed E-state index contributed by atoms with van der Waals surface area (Å²) >= 11 is 0. The van der Waals surface area contributed by atoms with E-state index in [1.807, 2.05) is 7.05 Å². The molecule has 1 aliphatic carbocycles. The fourth-order valence-electron chi connectivity index (χ4n) is 1.25. The van der Waals surface area contributed by atoms with Crippen molar-refractivity contribution in [3.63, 3.8) is 0 Å². The normalized spacial score (nSPS) is 19.8. The van der Waals surface area contributed by atoms with Gasteiger partial charge in [0.2, 0.25) is 0 Å². The maximum atomic E-state index is 5.90. The van der Waals surface area contributed by atoms with Crippen LogP contribution < -0.4 is 5.73 Å². The second-order valence-corrected chi connectivity index (χ2v) is 3.40. The predicted octanol–water partition coefficient (Wildman–Crippen LogP) is 0.289. The van der Waals surface area contributed by atoms with Crippen LogP contribution in [0.25, 0.3) is 0 Å². The molecule has 0 saturated heterocycles. The Hall–Kier alpha value is -0.520. The highest BCUT2D eigenvalue weighted by atomic mass is 15.1. The summed E-state index contributed by atoms with van der Waals surface area (Å²) in [6.07, 6.45) is 7.79. The van der Waals surface area contributed by atoms with Crippen LogP contribution in [-0.4, -0.2) is 31.1 Å². The van der Waals surface area contributed by atoms with E-state index in [9.17, 15) is 0 Å². The van der Waals surface area contributed by atoms with Gasteiger partial charge in [-0.05, 0) is 25.8 Å². The maximum absolute atomic E-state index is 5.90. The third-order valence-corrected chi connectivity index (χ3v) is 2.11. The van der Waals surface area contributed by atoms with Crippen molar-refractivity contribution < 1.29 is 0 Å². The first-order valence-electron chi connectivity index (χ1n) is 4.11. The molecule has 62 valence electrons. The molecule has 1 fully saturated rings. The Morgan fingerprint density at radius 2 is 2.36 bits per heavy atom. The summed E-state index contributed by atoms with van der Waals surface area (Å²) in [5.41, 5.74) is 5.90. The maximum Gasteiger partial charge on any atom is 0.0596 e. The lowest BCUT2D eigenvalue weighted by atomic mass is 10.2. The summed E-state index contributed by atoms with van der Waals surface area (Å²) in [7, 11) is 2.02. The molecular formula is C9H16N2. The van der Waals surface area contributed by atoms with Gasteiger partial charge in [0.15, 0.2) is 0 Å². The Balaban J connectivity index is 2.13. The Morgan fingerprint density at radius 1 is 1.73 bits per heavy atom. The highest BCUT2D eigenvalue weighted by Crippen LogP contribution is 2.31. The van der Waals surface area contributed by atoms with Gasteiger partial charge in [-0.25, -0.2) is 0 Å². The van der Waals surface area contributed by atoms with Gasteiger partial charge in [0.1, 0.15) is 0 Å². The van der Waals surface area contributed by atoms with Crippen LogP contribution in [0, 0.1) is 18.3 Å². The fraction of sp³-hybridized carbons (Fsp3) is 0.778. The molecule has 0 amide bonds. The largest absolute Gasteiger partial charge is 0.326 e. The number of nitrogens with two attached hydrogens (primary N) is 1. The molecular weight excluding hydrogens is 136 g/mol. The van der Waals surface area contributed by atoms with E-state index in [2.05, 4.69) is 10.8 Å². The van der Waals surface area contributed by atoms with Gasteiger partial charge in [0.25, 0.3) is 0 Å². The van der Waals surface area contributed by atoms with Gasteiger partial charge in [-0.3, -0.25) is 4.90 Å². The van der Waals surface area contributed by atoms with Crippen molar-refractivity contribution in [3.05, 3.63) is 0 Å². The predicted molar refractivity (Wildman–Crippen MR) is 47.0 cm³/mol. The molecule has 0 aromatic carbocycles. The van der Waals surface area contributed by atoms with E-state index in [1.165, 1.54) is 12.8 Å². The quantitative estimate of drug-likeness (QED) is 0.587. The molecule has 0 bridgehead atoms. The minimum Gasteiger partial charge on any atom is -0.326 e. The fourth-order valence-corrected chi connectivity index (χ4v) is 1.25. The highest BCUT2D eigenvalue weighted by Gasteiger charge is 2.28. The van der Waals surface area contributed by atoms with E-state index >= 15 is 0 Å². The minimum atomic E-state index is 0.341. The standard InChI is InChI=1S/C9H16N2/c1-3-6-11(2)7-9(10)8-4-5-8/h1,8-9H,4-7,10H2,2H3. The van der Waals surface area contributed by atoms with E-state index in [0.717, 1.165) is 12.5 Å². The molecule has 2 nitrogen and oxygen atoms in total. The van der Waals surface area contributed by atoms with Gasteiger partial charge < -0.3 is 5.73 Å². The zero-order valence-electron chi connectivity index (χ0n) is 7.09. The SMILES string of the molecule is C#CCN(C)CC(N)C1CC1. The smallest absolute Gasteiger partial charge is 0.0596 e. The third kappa shape index (κ3) is 2.92. The second-order valence-electron chi connectivity index (χ2n) is 3.40. The lowest BCUT2D eigenvalue weighted by Crippen LogP contribution is -2.36. The zero-order chi connectivity index (χ0) is 8.27. The Labute approximate surface area is 68.8 Å². The number of hydrogen-bond donors (Lipinski definition) is 1. The molecule has 0 aromatic heterocycles. The van der Waals surface area contributed by atoms with Crippen molar-refractivity contribution in [2.45, 2.75) is 18.9 Å². The van der Waals surface area contributed by atoms with Crippen LogP contribution in [0.1, 0.15) is 12.8 Å². The number of hydrogen-bond acceptors (Lipinski definition) is 2. The van der Waals surface area contributed by atoms with Crippen molar-refractivity contribution in [1.29, 1.82) is 0 Å². The summed E-state index contributed by atoms with van der Waals surface area (Å²) in [6, 6.07) is 0.341. The topological polar surface area (TPSA) is 29.3 Å². The van der Waals surface area contributed by atoms with Crippen molar-refractivity contribution in [3.8, 4) is 12.3 Å². The molecule has 0 heterocycles. The van der Waals surface area contributed by atoms with Gasteiger partial charge >= 0.3 is 0 Å². The second kappa shape index (κ2) is 3.75. The molecule has 1 atom stereocenters. The molecule has 1 rings (SSSR count). The van der Waals surface area contributed by atoms with Crippen LogP contribution in [0.5, 0.6) is 0 Å². The summed E-state index contributed by atoms with van der Waals surface area (Å²) in [5.74, 6) is 3.38. The van der Waals surface area contributed by atoms with Gasteiger partial charge in [-0.15, -0.1) is 6.42 Å². The first-order valence-corrected chi connectivity index (χ1v) is 4.11. The van der Waals surface area contributed by atoms with E-state index < -0.39 is 0 Å². The number of terminal acetylenes is 1. The molecule has 2 N–H and O–H groups in total. The summed E-state index contributed by atoms with van der Waals surface area (Å²) in [4.78, 5) is 2.10. The monoisotopic (exact) mass is 152 g/mol. The molecule has 1 saturated carbocycles. The van der Waals surface area contributed by atoms with E-state index in [0.29, 0.717) is 12.6 Å². The van der Waals surface area contributed by atoms with Crippen molar-refractivity contribution >= 4 is 0 Å². The summed E-state index contributed by atoms with van der Waals surface area (Å²) in [6.45, 7) is 1.65. The minimum absolute atomic E-state index is 0.341. The van der Waals surface area contributed by atoms with Gasteiger partial charge in [0, 0.05) is 12.6 Å². The molecule has 0 aliphatic heterocycles. The third-order valence-electron chi connectivity index (χ3n) is 2.11. The Morgan fingerprint density at radius 3 is 2.82 bits per heavy atom. The number of likely N-dealkylation sites (N-methyl/N-ethyl adjacent to an activating group) is 1. The first kappa shape index (κ1) is 8.58. The number of nitrogens with zero attached hydrogens (tertiary/aromatic N) is 1. The molecule has 0 aromatic rings. The summed E-state index contributed by atoms with van der Waals surface area (Å²) < 4.78 is 0. The van der Waals surface area contributed by atoms with Gasteiger partial charge in [-0.1, -0.05) is 5.92 Å². The average Bonchev–Trinajstić information content (AvgIpc) is 2.67. The van der Waals surface area contributed by atoms with Crippen LogP contribution in [0.15, 0.2) is 0 Å². The van der Waals surface area contributed by atoms with Crippen molar-refractivity contribution in [1.82, 2.24) is 4.90 Å². The van der Waals surface area contributed by atoms with E-state index in [-0.39, 0.29) is 0 Å². The van der Waals surface area contributed by atoms with Crippen LogP contribution in [0.3, 0.4) is 0 Å². The van der Waals surface area contributed by atoms with Crippen LogP contribution in [0.4, 0.5) is 0 Å². The lowest BCUT2D eigenvalue weighted by molar-refractivity contribution is 0.331. The molecule has 1 aliphatic rings. The van der Waals surface area contributed by atoms with Gasteiger partial charge in [-0.2, -0.15) is 0 Å². The molecule has 1 unspecified atom stereocenters. The first-order chi connectivity index (χ1) is 5.24. The average molecular weight is 152 g/mol. The van der Waals surface area contributed by atoms with E-state index in [4.69, 9.17) is 12.2 Å². The van der Waals surface area contributed by atoms with Crippen molar-refractivity contribution in [2.24, 2.45) is 11.7 Å². The Kier molecular flexibility index (Phi) is 2.92. The van der Waals surface area contributed by atoms with Crippen LogP contribution in [0.2, 0.25) is 0 Å². The van der Waals surface area contributed by atoms with Crippen LogP contribution in [-0.2, 0) is 0 Å². The zero-order valence-corrected chi connectivity index (χ0v) is 7.09. The lowest BCUT2D eigenvalue weighted by Gasteiger charge is -2.18. The Bertz CT molecular complexity index is 155. The molecule has 0 spiro atoms. The van der Waals surface area contributed by atoms with Crippen LogP contribution >= 0.6 is 0 Å². The summed E-state index contributed by atoms with van der Waals surface area (Å²) in [5, 5.41) is 0. The number of rotatable bonds is 4. The molecule has 0 radical (unpaired) electrons. The van der Waals surface area contributed by atoms with E-state index in [1.54, 1.807) is 0 Å². The molecule has 2 heteroatoms. The van der Waals surface area contributed by atoms with Gasteiger partial charge in [0.05, 0.1) is 6.54 Å². The molecule has 11 heavy (non-hydrogen) atoms. The highest BCUT2D eigenvalue weighted by molar-refractivity contribution is 4.90. The van der Waals surface area contributed by atoms with Crippen molar-refractivity contribution in [2.75, 3.05) is 20.1 Å².